The van der Waals surface area contributed by atoms with Gasteiger partial charge in [0.2, 0.25) is 0 Å². The molecule has 0 amide bonds. The Morgan fingerprint density at radius 3 is 2.90 bits per heavy atom. The van der Waals surface area contributed by atoms with Crippen LogP contribution in [-0.2, 0) is 6.42 Å². The number of unbranched alkanes of at least 4 members (excludes halogenated alkanes) is 1. The summed E-state index contributed by atoms with van der Waals surface area (Å²) in [6.45, 7) is 2.24. The first-order valence-corrected chi connectivity index (χ1v) is 5.52. The molecule has 0 aliphatic heterocycles. The zero-order chi connectivity index (χ0) is 7.40. The number of thiophene rings is 1. The fraction of sp³-hybridized carbons (Fsp3) is 0.500. The molecule has 0 fully saturated rings. The topological polar surface area (TPSA) is 0 Å². The van der Waals surface area contributed by atoms with Gasteiger partial charge < -0.3 is 0 Å². The van der Waals surface area contributed by atoms with Crippen LogP contribution in [0.1, 0.15) is 24.6 Å². The van der Waals surface area contributed by atoms with Gasteiger partial charge >= 0.3 is 0 Å². The number of rotatable bonds is 3. The molecule has 0 aliphatic carbocycles. The molecule has 0 aromatic carbocycles. The van der Waals surface area contributed by atoms with Gasteiger partial charge in [0.05, 0.1) is 0 Å². The van der Waals surface area contributed by atoms with Crippen LogP contribution in [0.5, 0.6) is 0 Å². The Kier molecular flexibility index (Phi) is 3.70. The van der Waals surface area contributed by atoms with Crippen LogP contribution >= 0.6 is 33.9 Å². The molecule has 0 nitrogen and oxygen atoms in total. The van der Waals surface area contributed by atoms with E-state index in [1.54, 1.807) is 4.88 Å². The third-order valence-corrected chi connectivity index (χ3v) is 3.81. The van der Waals surface area contributed by atoms with E-state index in [9.17, 15) is 0 Å². The highest BCUT2D eigenvalue weighted by Crippen LogP contribution is 2.20. The van der Waals surface area contributed by atoms with Gasteiger partial charge in [-0.05, 0) is 46.9 Å². The predicted octanol–water partition coefficient (Wildman–Crippen LogP) is 3.70. The van der Waals surface area contributed by atoms with Gasteiger partial charge in [-0.15, -0.1) is 11.3 Å². The molecular weight excluding hydrogens is 255 g/mol. The summed E-state index contributed by atoms with van der Waals surface area (Å²) in [5.74, 6) is 0. The molecule has 0 radical (unpaired) electrons. The van der Waals surface area contributed by atoms with Crippen molar-refractivity contribution < 1.29 is 0 Å². The van der Waals surface area contributed by atoms with Crippen molar-refractivity contribution in [3.63, 3.8) is 0 Å². The molecule has 0 N–H and O–H groups in total. The minimum Gasteiger partial charge on any atom is -0.148 e. The van der Waals surface area contributed by atoms with E-state index in [0.717, 1.165) is 0 Å². The van der Waals surface area contributed by atoms with Gasteiger partial charge in [0, 0.05) is 8.45 Å². The lowest BCUT2D eigenvalue weighted by Gasteiger charge is -1.94. The highest BCUT2D eigenvalue weighted by atomic mass is 127. The van der Waals surface area contributed by atoms with Crippen LogP contribution in [0.3, 0.4) is 0 Å². The van der Waals surface area contributed by atoms with Gasteiger partial charge in [0.25, 0.3) is 0 Å². The third kappa shape index (κ3) is 2.23. The fourth-order valence-corrected chi connectivity index (χ4v) is 2.73. The fourth-order valence-electron chi connectivity index (χ4n) is 0.841. The van der Waals surface area contributed by atoms with E-state index in [1.165, 1.54) is 22.8 Å². The number of hydrogen-bond donors (Lipinski definition) is 0. The molecular formula is C8H11IS. The van der Waals surface area contributed by atoms with Crippen molar-refractivity contribution in [1.82, 2.24) is 0 Å². The van der Waals surface area contributed by atoms with Crippen molar-refractivity contribution in [1.29, 1.82) is 0 Å². The van der Waals surface area contributed by atoms with E-state index in [4.69, 9.17) is 0 Å². The van der Waals surface area contributed by atoms with Crippen molar-refractivity contribution in [2.24, 2.45) is 0 Å². The van der Waals surface area contributed by atoms with Crippen molar-refractivity contribution >= 4 is 33.9 Å². The summed E-state index contributed by atoms with van der Waals surface area (Å²) in [7, 11) is 0. The van der Waals surface area contributed by atoms with E-state index in [2.05, 4.69) is 41.0 Å². The molecule has 56 valence electrons. The quantitative estimate of drug-likeness (QED) is 0.732. The Morgan fingerprint density at radius 1 is 1.60 bits per heavy atom. The van der Waals surface area contributed by atoms with E-state index in [-0.39, 0.29) is 0 Å². The molecule has 1 aromatic heterocycles. The van der Waals surface area contributed by atoms with Crippen LogP contribution in [0.25, 0.3) is 0 Å². The summed E-state index contributed by atoms with van der Waals surface area (Å²) in [4.78, 5) is 1.56. The van der Waals surface area contributed by atoms with Gasteiger partial charge in [0.1, 0.15) is 0 Å². The minimum atomic E-state index is 1.27. The smallest absolute Gasteiger partial charge is 0.0269 e. The van der Waals surface area contributed by atoms with Gasteiger partial charge in [-0.3, -0.25) is 0 Å². The molecule has 1 aromatic rings. The molecule has 0 saturated heterocycles. The Labute approximate surface area is 79.8 Å². The van der Waals surface area contributed by atoms with Gasteiger partial charge in [-0.25, -0.2) is 0 Å². The average molecular weight is 266 g/mol. The second kappa shape index (κ2) is 4.34. The van der Waals surface area contributed by atoms with Crippen molar-refractivity contribution in [3.8, 4) is 0 Å². The molecule has 0 aliphatic rings. The molecule has 0 bridgehead atoms. The average Bonchev–Trinajstić information content (AvgIpc) is 2.31. The van der Waals surface area contributed by atoms with Crippen LogP contribution in [0.2, 0.25) is 0 Å². The lowest BCUT2D eigenvalue weighted by Crippen LogP contribution is -1.80. The first kappa shape index (κ1) is 8.53. The van der Waals surface area contributed by atoms with Gasteiger partial charge in [0.15, 0.2) is 0 Å². The zero-order valence-corrected chi connectivity index (χ0v) is 9.04. The highest BCUT2D eigenvalue weighted by Gasteiger charge is 1.98. The molecule has 0 atom stereocenters. The van der Waals surface area contributed by atoms with Crippen LogP contribution in [0.15, 0.2) is 11.4 Å². The van der Waals surface area contributed by atoms with E-state index < -0.39 is 0 Å². The Balaban J connectivity index is 2.49. The summed E-state index contributed by atoms with van der Waals surface area (Å²) in [6, 6.07) is 2.19. The number of aryl methyl sites for hydroxylation is 1. The standard InChI is InChI=1S/C8H11IS/c1-2-3-4-8-7(9)5-6-10-8/h5-6H,2-4H2,1H3. The van der Waals surface area contributed by atoms with Gasteiger partial charge in [-0.1, -0.05) is 13.3 Å². The Morgan fingerprint density at radius 2 is 2.40 bits per heavy atom. The molecule has 0 saturated carbocycles. The summed E-state index contributed by atoms with van der Waals surface area (Å²) in [6.07, 6.45) is 3.90. The highest BCUT2D eigenvalue weighted by molar-refractivity contribution is 14.1. The molecule has 1 heterocycles. The SMILES string of the molecule is CCCCc1sccc1I. The van der Waals surface area contributed by atoms with Gasteiger partial charge in [-0.2, -0.15) is 0 Å². The predicted molar refractivity (Wildman–Crippen MR) is 55.6 cm³/mol. The second-order valence-electron chi connectivity index (χ2n) is 2.30. The normalized spacial score (nSPS) is 10.2. The maximum atomic E-state index is 2.41. The number of hydrogen-bond acceptors (Lipinski definition) is 1. The maximum absolute atomic E-state index is 2.41. The summed E-state index contributed by atoms with van der Waals surface area (Å²) in [5.41, 5.74) is 0. The summed E-state index contributed by atoms with van der Waals surface area (Å²) in [5, 5.41) is 2.17. The number of halogens is 1. The van der Waals surface area contributed by atoms with Crippen molar-refractivity contribution in [2.45, 2.75) is 26.2 Å². The molecule has 0 spiro atoms. The van der Waals surface area contributed by atoms with Crippen LogP contribution in [-0.4, -0.2) is 0 Å². The summed E-state index contributed by atoms with van der Waals surface area (Å²) >= 11 is 4.29. The largest absolute Gasteiger partial charge is 0.148 e. The lowest BCUT2D eigenvalue weighted by atomic mass is 10.2. The monoisotopic (exact) mass is 266 g/mol. The minimum absolute atomic E-state index is 1.27. The third-order valence-electron chi connectivity index (χ3n) is 1.45. The maximum Gasteiger partial charge on any atom is 0.0269 e. The molecule has 10 heavy (non-hydrogen) atoms. The second-order valence-corrected chi connectivity index (χ2v) is 4.46. The van der Waals surface area contributed by atoms with E-state index >= 15 is 0 Å². The first-order valence-electron chi connectivity index (χ1n) is 3.56. The molecule has 0 unspecified atom stereocenters. The van der Waals surface area contributed by atoms with Crippen LogP contribution in [0, 0.1) is 3.57 Å². The Bertz CT molecular complexity index is 193. The van der Waals surface area contributed by atoms with Crippen molar-refractivity contribution in [2.75, 3.05) is 0 Å². The Hall–Kier alpha value is 0.430. The summed E-state index contributed by atoms with van der Waals surface area (Å²) < 4.78 is 1.44. The zero-order valence-electron chi connectivity index (χ0n) is 6.06. The first-order chi connectivity index (χ1) is 4.84. The van der Waals surface area contributed by atoms with Crippen LogP contribution in [0.4, 0.5) is 0 Å². The van der Waals surface area contributed by atoms with E-state index in [0.29, 0.717) is 0 Å². The van der Waals surface area contributed by atoms with Crippen LogP contribution < -0.4 is 0 Å². The van der Waals surface area contributed by atoms with E-state index in [1.807, 2.05) is 11.3 Å². The molecule has 2 heteroatoms. The lowest BCUT2D eigenvalue weighted by molar-refractivity contribution is 0.802. The molecule has 1 rings (SSSR count). The van der Waals surface area contributed by atoms with Crippen molar-refractivity contribution in [3.05, 3.63) is 19.9 Å².